The number of aromatic amines is 1. The molecule has 0 radical (unpaired) electrons. The highest BCUT2D eigenvalue weighted by atomic mass is 16.5. The summed E-state index contributed by atoms with van der Waals surface area (Å²) in [5, 5.41) is 0. The molecular weight excluding hydrogens is 398 g/mol. The molecule has 170 valence electrons. The molecular formula is C22H33N5O4. The third kappa shape index (κ3) is 4.92. The first-order valence-electron chi connectivity index (χ1n) is 11.6. The zero-order valence-electron chi connectivity index (χ0n) is 18.4. The maximum Gasteiger partial charge on any atom is 0.255 e. The van der Waals surface area contributed by atoms with Crippen molar-refractivity contribution in [2.75, 3.05) is 50.8 Å². The summed E-state index contributed by atoms with van der Waals surface area (Å²) >= 11 is 0. The van der Waals surface area contributed by atoms with Gasteiger partial charge in [-0.2, -0.15) is 0 Å². The van der Waals surface area contributed by atoms with E-state index in [1.165, 1.54) is 0 Å². The molecule has 2 amide bonds. The first-order chi connectivity index (χ1) is 15.0. The Balaban J connectivity index is 1.41. The molecule has 3 saturated heterocycles. The number of rotatable bonds is 5. The van der Waals surface area contributed by atoms with E-state index in [0.717, 1.165) is 45.2 Å². The Bertz CT molecular complexity index is 858. The van der Waals surface area contributed by atoms with E-state index in [9.17, 15) is 14.4 Å². The molecule has 0 bridgehead atoms. The maximum absolute atomic E-state index is 13.0. The summed E-state index contributed by atoms with van der Waals surface area (Å²) in [6, 6.07) is -0.347. The number of aryl methyl sites for hydroxylation is 1. The number of hydrogen-bond acceptors (Lipinski definition) is 6. The minimum Gasteiger partial charge on any atom is -0.378 e. The lowest BCUT2D eigenvalue weighted by molar-refractivity contribution is -0.147. The highest BCUT2D eigenvalue weighted by Gasteiger charge is 2.35. The molecule has 3 aliphatic rings. The SMILES string of the molecule is Cc1nc(N2CCOCC2)[nH]c(=O)c1CCC(=O)N1CCCCC1C(=O)N1CCCC1. The molecule has 9 nitrogen and oxygen atoms in total. The number of carbonyl (C=O) groups excluding carboxylic acids is 2. The van der Waals surface area contributed by atoms with Crippen LogP contribution in [0.1, 0.15) is 49.8 Å². The van der Waals surface area contributed by atoms with Crippen molar-refractivity contribution in [3.8, 4) is 0 Å². The number of anilines is 1. The van der Waals surface area contributed by atoms with Gasteiger partial charge in [0.05, 0.1) is 13.2 Å². The van der Waals surface area contributed by atoms with Crippen LogP contribution in [0.2, 0.25) is 0 Å². The van der Waals surface area contributed by atoms with Crippen LogP contribution in [-0.2, 0) is 20.7 Å². The minimum absolute atomic E-state index is 0.0479. The molecule has 4 rings (SSSR count). The summed E-state index contributed by atoms with van der Waals surface area (Å²) in [6.07, 6.45) is 5.26. The number of aromatic nitrogens is 2. The Labute approximate surface area is 182 Å². The fourth-order valence-corrected chi connectivity index (χ4v) is 4.83. The van der Waals surface area contributed by atoms with Crippen LogP contribution in [-0.4, -0.2) is 83.6 Å². The van der Waals surface area contributed by atoms with E-state index in [0.29, 0.717) is 56.5 Å². The van der Waals surface area contributed by atoms with Crippen molar-refractivity contribution in [3.63, 3.8) is 0 Å². The molecule has 0 aromatic carbocycles. The van der Waals surface area contributed by atoms with Crippen LogP contribution in [0.15, 0.2) is 4.79 Å². The number of hydrogen-bond donors (Lipinski definition) is 1. The van der Waals surface area contributed by atoms with Gasteiger partial charge in [0.25, 0.3) is 5.56 Å². The van der Waals surface area contributed by atoms with Gasteiger partial charge >= 0.3 is 0 Å². The first-order valence-corrected chi connectivity index (χ1v) is 11.6. The van der Waals surface area contributed by atoms with E-state index >= 15 is 0 Å². The van der Waals surface area contributed by atoms with Crippen LogP contribution < -0.4 is 10.5 Å². The van der Waals surface area contributed by atoms with Crippen LogP contribution in [0.25, 0.3) is 0 Å². The maximum atomic E-state index is 13.0. The van der Waals surface area contributed by atoms with E-state index in [4.69, 9.17) is 4.74 Å². The van der Waals surface area contributed by atoms with E-state index in [2.05, 4.69) is 9.97 Å². The molecule has 0 spiro atoms. The molecule has 1 N–H and O–H groups in total. The van der Waals surface area contributed by atoms with Crippen molar-refractivity contribution >= 4 is 17.8 Å². The van der Waals surface area contributed by atoms with Crippen molar-refractivity contribution in [1.29, 1.82) is 0 Å². The van der Waals surface area contributed by atoms with E-state index < -0.39 is 0 Å². The average Bonchev–Trinajstić information content (AvgIpc) is 3.33. The Morgan fingerprint density at radius 2 is 1.77 bits per heavy atom. The molecule has 1 aromatic rings. The number of nitrogens with one attached hydrogen (secondary N) is 1. The number of carbonyl (C=O) groups is 2. The standard InChI is InChI=1S/C22H33N5O4/c1-16-17(20(29)24-22(23-16)26-12-14-31-15-13-26)7-8-19(28)27-11-3-2-6-18(27)21(30)25-9-4-5-10-25/h18H,2-15H2,1H3,(H,23,24,29). The molecule has 3 aliphatic heterocycles. The molecule has 0 saturated carbocycles. The molecule has 9 heteroatoms. The highest BCUT2D eigenvalue weighted by Crippen LogP contribution is 2.22. The number of amides is 2. The van der Waals surface area contributed by atoms with Gasteiger partial charge in [0.15, 0.2) is 0 Å². The first kappa shape index (κ1) is 21.8. The van der Waals surface area contributed by atoms with Gasteiger partial charge in [0.2, 0.25) is 17.8 Å². The lowest BCUT2D eigenvalue weighted by atomic mass is 9.99. The number of H-pyrrole nitrogens is 1. The number of piperidine rings is 1. The van der Waals surface area contributed by atoms with Gasteiger partial charge in [0.1, 0.15) is 6.04 Å². The lowest BCUT2D eigenvalue weighted by Gasteiger charge is -2.37. The van der Waals surface area contributed by atoms with Crippen molar-refractivity contribution in [3.05, 3.63) is 21.6 Å². The summed E-state index contributed by atoms with van der Waals surface area (Å²) in [5.74, 6) is 0.609. The summed E-state index contributed by atoms with van der Waals surface area (Å²) < 4.78 is 5.36. The van der Waals surface area contributed by atoms with Gasteiger partial charge in [0, 0.05) is 50.4 Å². The van der Waals surface area contributed by atoms with Crippen molar-refractivity contribution in [1.82, 2.24) is 19.8 Å². The second-order valence-electron chi connectivity index (χ2n) is 8.68. The topological polar surface area (TPSA) is 98.8 Å². The lowest BCUT2D eigenvalue weighted by Crippen LogP contribution is -2.52. The van der Waals surface area contributed by atoms with Gasteiger partial charge in [-0.25, -0.2) is 4.98 Å². The van der Waals surface area contributed by atoms with E-state index in [1.807, 2.05) is 16.7 Å². The largest absolute Gasteiger partial charge is 0.378 e. The Morgan fingerprint density at radius 3 is 2.48 bits per heavy atom. The van der Waals surface area contributed by atoms with E-state index in [1.54, 1.807) is 4.90 Å². The minimum atomic E-state index is -0.347. The van der Waals surface area contributed by atoms with Crippen LogP contribution in [0.3, 0.4) is 0 Å². The predicted octanol–water partition coefficient (Wildman–Crippen LogP) is 0.851. The van der Waals surface area contributed by atoms with Crippen LogP contribution >= 0.6 is 0 Å². The Kier molecular flexibility index (Phi) is 6.89. The third-order valence-corrected chi connectivity index (χ3v) is 6.64. The van der Waals surface area contributed by atoms with Crippen molar-refractivity contribution in [2.45, 2.75) is 57.9 Å². The average molecular weight is 432 g/mol. The van der Waals surface area contributed by atoms with Crippen LogP contribution in [0.4, 0.5) is 5.95 Å². The van der Waals surface area contributed by atoms with Crippen molar-refractivity contribution in [2.24, 2.45) is 0 Å². The second kappa shape index (κ2) is 9.80. The summed E-state index contributed by atoms with van der Waals surface area (Å²) in [7, 11) is 0. The quantitative estimate of drug-likeness (QED) is 0.742. The number of likely N-dealkylation sites (tertiary alicyclic amines) is 2. The molecule has 4 heterocycles. The number of morpholine rings is 1. The highest BCUT2D eigenvalue weighted by molar-refractivity contribution is 5.88. The van der Waals surface area contributed by atoms with Gasteiger partial charge in [-0.1, -0.05) is 0 Å². The zero-order valence-corrected chi connectivity index (χ0v) is 18.4. The smallest absolute Gasteiger partial charge is 0.255 e. The van der Waals surface area contributed by atoms with Gasteiger partial charge < -0.3 is 19.4 Å². The van der Waals surface area contributed by atoms with Crippen LogP contribution in [0, 0.1) is 6.92 Å². The van der Waals surface area contributed by atoms with Gasteiger partial charge in [-0.05, 0) is 45.4 Å². The molecule has 31 heavy (non-hydrogen) atoms. The number of nitrogens with zero attached hydrogens (tertiary/aromatic N) is 4. The van der Waals surface area contributed by atoms with Crippen LogP contribution in [0.5, 0.6) is 0 Å². The molecule has 1 atom stereocenters. The fourth-order valence-electron chi connectivity index (χ4n) is 4.83. The monoisotopic (exact) mass is 431 g/mol. The second-order valence-corrected chi connectivity index (χ2v) is 8.68. The molecule has 0 aliphatic carbocycles. The normalized spacial score (nSPS) is 22.1. The molecule has 3 fully saturated rings. The summed E-state index contributed by atoms with van der Waals surface area (Å²) in [4.78, 5) is 51.8. The Morgan fingerprint density at radius 1 is 1.06 bits per heavy atom. The molecule has 1 unspecified atom stereocenters. The fraction of sp³-hybridized carbons (Fsp3) is 0.727. The third-order valence-electron chi connectivity index (χ3n) is 6.64. The van der Waals surface area contributed by atoms with Crippen molar-refractivity contribution < 1.29 is 14.3 Å². The van der Waals surface area contributed by atoms with Gasteiger partial charge in [-0.3, -0.25) is 19.4 Å². The summed E-state index contributed by atoms with van der Waals surface area (Å²) in [6.45, 7) is 6.66. The zero-order chi connectivity index (χ0) is 21.8. The Hall–Kier alpha value is -2.42. The van der Waals surface area contributed by atoms with Gasteiger partial charge in [-0.15, -0.1) is 0 Å². The summed E-state index contributed by atoms with van der Waals surface area (Å²) in [5.41, 5.74) is 1.01. The number of ether oxygens (including phenoxy) is 1. The predicted molar refractivity (Wildman–Crippen MR) is 116 cm³/mol. The molecule has 1 aromatic heterocycles. The van der Waals surface area contributed by atoms with E-state index in [-0.39, 0.29) is 29.8 Å².